The van der Waals surface area contributed by atoms with Gasteiger partial charge >= 0.3 is 0 Å². The highest BCUT2D eigenvalue weighted by molar-refractivity contribution is 5.88. The van der Waals surface area contributed by atoms with E-state index in [0.29, 0.717) is 12.6 Å². The molecule has 0 saturated heterocycles. The molecule has 0 saturated carbocycles. The van der Waals surface area contributed by atoms with Gasteiger partial charge in [-0.2, -0.15) is 0 Å². The normalized spacial score (nSPS) is 20.0. The van der Waals surface area contributed by atoms with E-state index in [1.54, 1.807) is 0 Å². The third kappa shape index (κ3) is 4.07. The zero-order valence-corrected chi connectivity index (χ0v) is 18.2. The summed E-state index contributed by atoms with van der Waals surface area (Å²) >= 11 is 0. The van der Waals surface area contributed by atoms with Crippen LogP contribution in [0.4, 0.5) is 5.69 Å². The molecule has 2 aromatic carbocycles. The van der Waals surface area contributed by atoms with Crippen LogP contribution in [0.3, 0.4) is 0 Å². The number of hydrogen-bond donors (Lipinski definition) is 1. The third-order valence-electron chi connectivity index (χ3n) is 6.51. The molecule has 2 aliphatic rings. The second-order valence-electron chi connectivity index (χ2n) is 8.72. The number of aromatic nitrogens is 1. The van der Waals surface area contributed by atoms with Crippen LogP contribution in [0.5, 0.6) is 11.5 Å². The summed E-state index contributed by atoms with van der Waals surface area (Å²) in [7, 11) is 0. The highest BCUT2D eigenvalue weighted by Crippen LogP contribution is 2.39. The fourth-order valence-electron chi connectivity index (χ4n) is 4.94. The summed E-state index contributed by atoms with van der Waals surface area (Å²) in [5, 5.41) is 1.02. The minimum atomic E-state index is -0.0254. The summed E-state index contributed by atoms with van der Waals surface area (Å²) < 4.78 is 12.7. The molecule has 5 heteroatoms. The van der Waals surface area contributed by atoms with Crippen molar-refractivity contribution in [2.45, 2.75) is 51.2 Å². The summed E-state index contributed by atoms with van der Waals surface area (Å²) in [6, 6.07) is 17.4. The molecule has 31 heavy (non-hydrogen) atoms. The van der Waals surface area contributed by atoms with Gasteiger partial charge < -0.3 is 20.1 Å². The van der Waals surface area contributed by atoms with Gasteiger partial charge in [0.15, 0.2) is 17.6 Å². The van der Waals surface area contributed by atoms with Gasteiger partial charge in [-0.15, -0.1) is 0 Å². The van der Waals surface area contributed by atoms with Crippen molar-refractivity contribution >= 4 is 16.6 Å². The Hall–Kier alpha value is -2.79. The van der Waals surface area contributed by atoms with Crippen LogP contribution in [-0.4, -0.2) is 36.8 Å². The van der Waals surface area contributed by atoms with Gasteiger partial charge in [-0.3, -0.25) is 4.98 Å². The molecule has 0 spiro atoms. The summed E-state index contributed by atoms with van der Waals surface area (Å²) in [4.78, 5) is 7.21. The first-order valence-electron chi connectivity index (χ1n) is 11.5. The molecule has 0 bridgehead atoms. The largest absolute Gasteiger partial charge is 0.486 e. The molecule has 0 fully saturated rings. The average molecular weight is 418 g/mol. The number of fused-ring (bicyclic) bond motifs is 4. The zero-order valence-electron chi connectivity index (χ0n) is 18.2. The lowest BCUT2D eigenvalue weighted by Crippen LogP contribution is -2.47. The van der Waals surface area contributed by atoms with Crippen molar-refractivity contribution in [1.29, 1.82) is 0 Å². The number of nitrogens with two attached hydrogens (primary N) is 1. The standard InChI is InChI=1S/C26H31N3O2/c1-18-9-12-22-23(28-18)13-14-25-26(22)31-21(17-30-25)16-29-20(7-4-5-15-27)11-10-19-6-2-3-8-24(19)29/h2-3,6,8-9,12-14,20-21H,4-5,7,10-11,15-17,27H2,1H3. The van der Waals surface area contributed by atoms with E-state index in [-0.39, 0.29) is 6.10 Å². The van der Waals surface area contributed by atoms with Gasteiger partial charge in [-0.1, -0.05) is 24.6 Å². The highest BCUT2D eigenvalue weighted by atomic mass is 16.6. The van der Waals surface area contributed by atoms with Gasteiger partial charge in [0.1, 0.15) is 6.61 Å². The van der Waals surface area contributed by atoms with Crippen molar-refractivity contribution in [3.05, 3.63) is 59.8 Å². The van der Waals surface area contributed by atoms with Gasteiger partial charge in [-0.05, 0) is 75.0 Å². The van der Waals surface area contributed by atoms with E-state index in [0.717, 1.165) is 54.0 Å². The van der Waals surface area contributed by atoms with Crippen LogP contribution in [0.1, 0.15) is 36.9 Å². The number of benzene rings is 2. The van der Waals surface area contributed by atoms with Crippen LogP contribution in [0, 0.1) is 6.92 Å². The van der Waals surface area contributed by atoms with E-state index in [2.05, 4.69) is 40.2 Å². The molecule has 0 amide bonds. The highest BCUT2D eigenvalue weighted by Gasteiger charge is 2.31. The third-order valence-corrected chi connectivity index (χ3v) is 6.51. The van der Waals surface area contributed by atoms with E-state index < -0.39 is 0 Å². The van der Waals surface area contributed by atoms with Gasteiger partial charge in [-0.25, -0.2) is 0 Å². The Balaban J connectivity index is 1.40. The minimum absolute atomic E-state index is 0.0254. The minimum Gasteiger partial charge on any atom is -0.486 e. The Kier molecular flexibility index (Phi) is 5.68. The summed E-state index contributed by atoms with van der Waals surface area (Å²) in [5.74, 6) is 1.64. The molecule has 2 N–H and O–H groups in total. The van der Waals surface area contributed by atoms with Crippen LogP contribution in [0.2, 0.25) is 0 Å². The molecule has 3 heterocycles. The van der Waals surface area contributed by atoms with Gasteiger partial charge in [0.2, 0.25) is 0 Å². The first-order valence-corrected chi connectivity index (χ1v) is 11.5. The van der Waals surface area contributed by atoms with Crippen molar-refractivity contribution in [1.82, 2.24) is 4.98 Å². The number of rotatable bonds is 6. The molecule has 0 aliphatic carbocycles. The molecule has 2 atom stereocenters. The second kappa shape index (κ2) is 8.75. The Morgan fingerprint density at radius 2 is 2.00 bits per heavy atom. The molecule has 5 nitrogen and oxygen atoms in total. The lowest BCUT2D eigenvalue weighted by Gasteiger charge is -2.41. The zero-order chi connectivity index (χ0) is 21.2. The van der Waals surface area contributed by atoms with E-state index >= 15 is 0 Å². The summed E-state index contributed by atoms with van der Waals surface area (Å²) in [6.07, 6.45) is 5.71. The number of aryl methyl sites for hydroxylation is 2. The Morgan fingerprint density at radius 3 is 2.90 bits per heavy atom. The maximum Gasteiger partial charge on any atom is 0.171 e. The van der Waals surface area contributed by atoms with Crippen molar-refractivity contribution in [3.63, 3.8) is 0 Å². The Morgan fingerprint density at radius 1 is 1.10 bits per heavy atom. The van der Waals surface area contributed by atoms with Crippen LogP contribution >= 0.6 is 0 Å². The topological polar surface area (TPSA) is 60.6 Å². The van der Waals surface area contributed by atoms with Gasteiger partial charge in [0.25, 0.3) is 0 Å². The summed E-state index contributed by atoms with van der Waals surface area (Å²) in [5.41, 5.74) is 10.5. The molecule has 1 aromatic heterocycles. The molecule has 5 rings (SSSR count). The van der Waals surface area contributed by atoms with Crippen molar-refractivity contribution in [2.75, 3.05) is 24.6 Å². The van der Waals surface area contributed by atoms with Crippen LogP contribution in [0.15, 0.2) is 48.5 Å². The first kappa shape index (κ1) is 20.1. The number of ether oxygens (including phenoxy) is 2. The van der Waals surface area contributed by atoms with Crippen LogP contribution in [-0.2, 0) is 6.42 Å². The predicted octanol–water partition coefficient (Wildman–Crippen LogP) is 4.63. The lowest BCUT2D eigenvalue weighted by atomic mass is 9.92. The molecular formula is C26H31N3O2. The smallest absolute Gasteiger partial charge is 0.171 e. The van der Waals surface area contributed by atoms with Crippen LogP contribution < -0.4 is 20.1 Å². The molecule has 162 valence electrons. The van der Waals surface area contributed by atoms with E-state index in [4.69, 9.17) is 15.2 Å². The number of hydrogen-bond acceptors (Lipinski definition) is 5. The van der Waals surface area contributed by atoms with Crippen molar-refractivity contribution in [2.24, 2.45) is 5.73 Å². The van der Waals surface area contributed by atoms with Crippen molar-refractivity contribution < 1.29 is 9.47 Å². The molecule has 3 aromatic rings. The van der Waals surface area contributed by atoms with E-state index in [9.17, 15) is 0 Å². The SMILES string of the molecule is Cc1ccc2c3c(ccc2n1)OCC(CN1c2ccccc2CCC1CCCCN)O3. The number of pyridine rings is 1. The molecular weight excluding hydrogens is 386 g/mol. The predicted molar refractivity (Wildman–Crippen MR) is 125 cm³/mol. The molecule has 2 unspecified atom stereocenters. The monoisotopic (exact) mass is 417 g/mol. The summed E-state index contributed by atoms with van der Waals surface area (Å²) in [6.45, 7) is 4.16. The lowest BCUT2D eigenvalue weighted by molar-refractivity contribution is 0.0951. The molecule has 2 aliphatic heterocycles. The number of nitrogens with zero attached hydrogens (tertiary/aromatic N) is 2. The fourth-order valence-corrected chi connectivity index (χ4v) is 4.94. The Bertz CT molecular complexity index is 1070. The number of unbranched alkanes of at least 4 members (excludes halogenated alkanes) is 1. The Labute approximate surface area is 184 Å². The first-order chi connectivity index (χ1) is 15.2. The number of para-hydroxylation sites is 1. The van der Waals surface area contributed by atoms with E-state index in [1.807, 2.05) is 25.1 Å². The quantitative estimate of drug-likeness (QED) is 0.593. The van der Waals surface area contributed by atoms with Crippen LogP contribution in [0.25, 0.3) is 10.9 Å². The van der Waals surface area contributed by atoms with Gasteiger partial charge in [0, 0.05) is 22.8 Å². The maximum absolute atomic E-state index is 6.55. The average Bonchev–Trinajstić information content (AvgIpc) is 2.80. The second-order valence-corrected chi connectivity index (χ2v) is 8.72. The fraction of sp³-hybridized carbons (Fsp3) is 0.423. The number of anilines is 1. The van der Waals surface area contributed by atoms with Crippen molar-refractivity contribution in [3.8, 4) is 11.5 Å². The maximum atomic E-state index is 6.55. The van der Waals surface area contributed by atoms with E-state index in [1.165, 1.54) is 30.5 Å². The van der Waals surface area contributed by atoms with Gasteiger partial charge in [0.05, 0.1) is 12.1 Å². The molecule has 0 radical (unpaired) electrons.